The first-order valence-electron chi connectivity index (χ1n) is 5.97. The lowest BCUT2D eigenvalue weighted by atomic mass is 9.73. The van der Waals surface area contributed by atoms with Gasteiger partial charge in [0.1, 0.15) is 0 Å². The Kier molecular flexibility index (Phi) is 6.60. The molecule has 0 spiro atoms. The highest BCUT2D eigenvalue weighted by atomic mass is 79.9. The second kappa shape index (κ2) is 7.16. The van der Waals surface area contributed by atoms with Gasteiger partial charge in [-0.2, -0.15) is 11.8 Å². The summed E-state index contributed by atoms with van der Waals surface area (Å²) in [6, 6.07) is 0. The van der Waals surface area contributed by atoms with Crippen LogP contribution in [0.1, 0.15) is 51.9 Å². The van der Waals surface area contributed by atoms with E-state index in [4.69, 9.17) is 0 Å². The molecule has 0 bridgehead atoms. The molecule has 1 fully saturated rings. The second-order valence-electron chi connectivity index (χ2n) is 4.49. The minimum atomic E-state index is 0.673. The molecule has 0 atom stereocenters. The van der Waals surface area contributed by atoms with E-state index in [9.17, 15) is 0 Å². The van der Waals surface area contributed by atoms with Crippen LogP contribution in [-0.4, -0.2) is 16.8 Å². The minimum Gasteiger partial charge on any atom is -0.162 e. The lowest BCUT2D eigenvalue weighted by molar-refractivity contribution is 0.206. The molecule has 0 aromatic heterocycles. The summed E-state index contributed by atoms with van der Waals surface area (Å²) >= 11 is 5.82. The Morgan fingerprint density at radius 3 is 2.50 bits per heavy atom. The molecule has 1 aliphatic carbocycles. The molecule has 0 N–H and O–H groups in total. The van der Waals surface area contributed by atoms with Crippen molar-refractivity contribution in [3.8, 4) is 0 Å². The number of halogens is 1. The molecule has 0 amide bonds. The fourth-order valence-electron chi connectivity index (χ4n) is 2.45. The van der Waals surface area contributed by atoms with Crippen molar-refractivity contribution >= 4 is 27.7 Å². The molecule has 1 saturated carbocycles. The molecular formula is C12H23BrS. The Labute approximate surface area is 102 Å². The van der Waals surface area contributed by atoms with E-state index in [1.807, 2.05) is 0 Å². The fraction of sp³-hybridized carbons (Fsp3) is 1.00. The summed E-state index contributed by atoms with van der Waals surface area (Å²) in [6.45, 7) is 2.26. The SMILES string of the molecule is CCSCCCC1(CBr)CCCCC1. The van der Waals surface area contributed by atoms with Crippen LogP contribution < -0.4 is 0 Å². The van der Waals surface area contributed by atoms with Gasteiger partial charge in [-0.05, 0) is 42.6 Å². The maximum absolute atomic E-state index is 3.73. The van der Waals surface area contributed by atoms with Crippen molar-refractivity contribution < 1.29 is 0 Å². The first-order valence-corrected chi connectivity index (χ1v) is 8.24. The lowest BCUT2D eigenvalue weighted by Gasteiger charge is -2.35. The van der Waals surface area contributed by atoms with E-state index in [1.165, 1.54) is 61.8 Å². The molecule has 0 nitrogen and oxygen atoms in total. The van der Waals surface area contributed by atoms with Crippen LogP contribution in [0.15, 0.2) is 0 Å². The van der Waals surface area contributed by atoms with E-state index in [1.54, 1.807) is 0 Å². The quantitative estimate of drug-likeness (QED) is 0.494. The van der Waals surface area contributed by atoms with Crippen molar-refractivity contribution in [1.29, 1.82) is 0 Å². The van der Waals surface area contributed by atoms with Crippen molar-refractivity contribution in [3.63, 3.8) is 0 Å². The van der Waals surface area contributed by atoms with Crippen LogP contribution in [0.25, 0.3) is 0 Å². The predicted molar refractivity (Wildman–Crippen MR) is 71.5 cm³/mol. The molecular weight excluding hydrogens is 256 g/mol. The predicted octanol–water partition coefficient (Wildman–Crippen LogP) is 4.87. The Morgan fingerprint density at radius 1 is 1.21 bits per heavy atom. The largest absolute Gasteiger partial charge is 0.162 e. The highest BCUT2D eigenvalue weighted by Gasteiger charge is 2.29. The molecule has 0 heterocycles. The lowest BCUT2D eigenvalue weighted by Crippen LogP contribution is -2.25. The Bertz CT molecular complexity index is 141. The van der Waals surface area contributed by atoms with Gasteiger partial charge in [0.05, 0.1) is 0 Å². The third-order valence-corrected chi connectivity index (χ3v) is 5.57. The maximum Gasteiger partial charge on any atom is 0.00879 e. The summed E-state index contributed by atoms with van der Waals surface area (Å²) in [5, 5.41) is 1.23. The summed E-state index contributed by atoms with van der Waals surface area (Å²) in [6.07, 6.45) is 10.2. The Hall–Kier alpha value is 0.830. The van der Waals surface area contributed by atoms with Crippen LogP contribution in [-0.2, 0) is 0 Å². The smallest absolute Gasteiger partial charge is 0.00879 e. The normalized spacial score (nSPS) is 21.0. The maximum atomic E-state index is 3.73. The van der Waals surface area contributed by atoms with E-state index < -0.39 is 0 Å². The van der Waals surface area contributed by atoms with Crippen molar-refractivity contribution in [1.82, 2.24) is 0 Å². The molecule has 0 aromatic carbocycles. The number of hydrogen-bond donors (Lipinski definition) is 0. The summed E-state index contributed by atoms with van der Waals surface area (Å²) < 4.78 is 0. The van der Waals surface area contributed by atoms with Crippen LogP contribution in [0.4, 0.5) is 0 Å². The summed E-state index contributed by atoms with van der Waals surface area (Å²) in [5.74, 6) is 2.65. The first-order chi connectivity index (χ1) is 6.83. The molecule has 0 radical (unpaired) electrons. The van der Waals surface area contributed by atoms with E-state index >= 15 is 0 Å². The number of rotatable bonds is 6. The summed E-state index contributed by atoms with van der Waals surface area (Å²) in [7, 11) is 0. The molecule has 1 aliphatic rings. The average molecular weight is 279 g/mol. The number of alkyl halides is 1. The van der Waals surface area contributed by atoms with Gasteiger partial charge in [-0.3, -0.25) is 0 Å². The van der Waals surface area contributed by atoms with Crippen LogP contribution in [0.2, 0.25) is 0 Å². The van der Waals surface area contributed by atoms with Crippen molar-refractivity contribution in [2.45, 2.75) is 51.9 Å². The van der Waals surface area contributed by atoms with E-state index in [-0.39, 0.29) is 0 Å². The zero-order valence-corrected chi connectivity index (χ0v) is 11.8. The van der Waals surface area contributed by atoms with Crippen LogP contribution in [0.5, 0.6) is 0 Å². The topological polar surface area (TPSA) is 0 Å². The van der Waals surface area contributed by atoms with Gasteiger partial charge in [0.15, 0.2) is 0 Å². The van der Waals surface area contributed by atoms with E-state index in [0.29, 0.717) is 5.41 Å². The average Bonchev–Trinajstić information content (AvgIpc) is 2.26. The first kappa shape index (κ1) is 12.9. The third-order valence-electron chi connectivity index (χ3n) is 3.40. The molecule has 84 valence electrons. The number of thioether (sulfide) groups is 1. The highest BCUT2D eigenvalue weighted by Crippen LogP contribution is 2.41. The van der Waals surface area contributed by atoms with Gasteiger partial charge < -0.3 is 0 Å². The van der Waals surface area contributed by atoms with Gasteiger partial charge in [-0.25, -0.2) is 0 Å². The molecule has 0 aromatic rings. The van der Waals surface area contributed by atoms with Crippen molar-refractivity contribution in [3.05, 3.63) is 0 Å². The van der Waals surface area contributed by atoms with Crippen LogP contribution in [0.3, 0.4) is 0 Å². The fourth-order valence-corrected chi connectivity index (χ4v) is 3.92. The van der Waals surface area contributed by atoms with E-state index in [0.717, 1.165) is 0 Å². The molecule has 1 rings (SSSR count). The third kappa shape index (κ3) is 4.14. The zero-order chi connectivity index (χ0) is 10.3. The van der Waals surface area contributed by atoms with Crippen LogP contribution in [0, 0.1) is 5.41 Å². The molecule has 0 aliphatic heterocycles. The Balaban J connectivity index is 2.22. The standard InChI is InChI=1S/C12H23BrS/c1-2-14-10-6-9-12(11-13)7-4-3-5-8-12/h2-11H2,1H3. The molecule has 0 unspecified atom stereocenters. The number of hydrogen-bond acceptors (Lipinski definition) is 1. The summed E-state index contributed by atoms with van der Waals surface area (Å²) in [5.41, 5.74) is 0.673. The van der Waals surface area contributed by atoms with Crippen LogP contribution >= 0.6 is 27.7 Å². The van der Waals surface area contributed by atoms with Gasteiger partial charge in [-0.15, -0.1) is 0 Å². The molecule has 2 heteroatoms. The van der Waals surface area contributed by atoms with Crippen molar-refractivity contribution in [2.24, 2.45) is 5.41 Å². The molecule has 0 saturated heterocycles. The van der Waals surface area contributed by atoms with Gasteiger partial charge in [0.2, 0.25) is 0 Å². The van der Waals surface area contributed by atoms with E-state index in [2.05, 4.69) is 34.6 Å². The Morgan fingerprint density at radius 2 is 1.93 bits per heavy atom. The zero-order valence-electron chi connectivity index (χ0n) is 9.36. The van der Waals surface area contributed by atoms with Gasteiger partial charge in [-0.1, -0.05) is 42.1 Å². The summed E-state index contributed by atoms with van der Waals surface area (Å²) in [4.78, 5) is 0. The highest BCUT2D eigenvalue weighted by molar-refractivity contribution is 9.09. The monoisotopic (exact) mass is 278 g/mol. The molecule has 14 heavy (non-hydrogen) atoms. The minimum absolute atomic E-state index is 0.673. The van der Waals surface area contributed by atoms with Gasteiger partial charge in [0.25, 0.3) is 0 Å². The van der Waals surface area contributed by atoms with Crippen molar-refractivity contribution in [2.75, 3.05) is 16.8 Å². The van der Waals surface area contributed by atoms with Gasteiger partial charge >= 0.3 is 0 Å². The van der Waals surface area contributed by atoms with Gasteiger partial charge in [0, 0.05) is 5.33 Å². The second-order valence-corrected chi connectivity index (χ2v) is 6.45.